The van der Waals surface area contributed by atoms with Gasteiger partial charge in [-0.15, -0.1) is 0 Å². The zero-order chi connectivity index (χ0) is 10.6. The van der Waals surface area contributed by atoms with Crippen molar-refractivity contribution in [3.63, 3.8) is 0 Å². The third-order valence-electron chi connectivity index (χ3n) is 2.77. The van der Waals surface area contributed by atoms with Gasteiger partial charge in [-0.2, -0.15) is 0 Å². The molecule has 1 saturated heterocycles. The molecular formula is C11H24N2O. The first-order valence-corrected chi connectivity index (χ1v) is 5.60. The molecule has 0 saturated carbocycles. The van der Waals surface area contributed by atoms with E-state index in [0.717, 1.165) is 32.7 Å². The standard InChI is InChI=1S/C11H24N2O/c1-10-9-14-8-7-13(10)6-4-5-11(2,3)12/h10H,4-9,12H2,1-3H3. The zero-order valence-corrected chi connectivity index (χ0v) is 9.75. The lowest BCUT2D eigenvalue weighted by molar-refractivity contribution is -0.00134. The summed E-state index contributed by atoms with van der Waals surface area (Å²) < 4.78 is 5.39. The minimum atomic E-state index is -0.0183. The van der Waals surface area contributed by atoms with Gasteiger partial charge in [-0.1, -0.05) is 0 Å². The highest BCUT2D eigenvalue weighted by Gasteiger charge is 2.19. The van der Waals surface area contributed by atoms with Crippen molar-refractivity contribution >= 4 is 0 Å². The molecule has 0 aromatic carbocycles. The summed E-state index contributed by atoms with van der Waals surface area (Å²) in [6.45, 7) is 10.4. The number of hydrogen-bond acceptors (Lipinski definition) is 3. The fraction of sp³-hybridized carbons (Fsp3) is 1.00. The van der Waals surface area contributed by atoms with Gasteiger partial charge in [-0.05, 0) is 40.2 Å². The van der Waals surface area contributed by atoms with Gasteiger partial charge in [0.1, 0.15) is 0 Å². The fourth-order valence-electron chi connectivity index (χ4n) is 1.83. The van der Waals surface area contributed by atoms with E-state index in [2.05, 4.69) is 25.7 Å². The third-order valence-corrected chi connectivity index (χ3v) is 2.77. The van der Waals surface area contributed by atoms with Crippen LogP contribution in [0.25, 0.3) is 0 Å². The Morgan fingerprint density at radius 1 is 1.50 bits per heavy atom. The van der Waals surface area contributed by atoms with Crippen LogP contribution in [0.5, 0.6) is 0 Å². The second kappa shape index (κ2) is 5.10. The van der Waals surface area contributed by atoms with Gasteiger partial charge in [0.25, 0.3) is 0 Å². The van der Waals surface area contributed by atoms with Gasteiger partial charge in [0.2, 0.25) is 0 Å². The van der Waals surface area contributed by atoms with Gasteiger partial charge in [-0.3, -0.25) is 4.90 Å². The van der Waals surface area contributed by atoms with Crippen LogP contribution in [0.1, 0.15) is 33.6 Å². The maximum atomic E-state index is 5.94. The molecule has 1 unspecified atom stereocenters. The van der Waals surface area contributed by atoms with E-state index in [1.807, 2.05) is 0 Å². The molecule has 0 bridgehead atoms. The van der Waals surface area contributed by atoms with E-state index in [4.69, 9.17) is 10.5 Å². The Labute approximate surface area is 87.6 Å². The summed E-state index contributed by atoms with van der Waals surface area (Å²) in [4.78, 5) is 2.50. The van der Waals surface area contributed by atoms with Crippen molar-refractivity contribution in [2.24, 2.45) is 5.73 Å². The fourth-order valence-corrected chi connectivity index (χ4v) is 1.83. The van der Waals surface area contributed by atoms with Crippen molar-refractivity contribution in [2.75, 3.05) is 26.3 Å². The monoisotopic (exact) mass is 200 g/mol. The quantitative estimate of drug-likeness (QED) is 0.741. The molecule has 0 aromatic heterocycles. The average molecular weight is 200 g/mol. The molecule has 1 atom stereocenters. The third kappa shape index (κ3) is 4.40. The molecule has 1 aliphatic heterocycles. The molecule has 0 aliphatic carbocycles. The van der Waals surface area contributed by atoms with Crippen molar-refractivity contribution in [1.29, 1.82) is 0 Å². The number of nitrogens with two attached hydrogens (primary N) is 1. The first-order valence-electron chi connectivity index (χ1n) is 5.60. The van der Waals surface area contributed by atoms with E-state index < -0.39 is 0 Å². The lowest BCUT2D eigenvalue weighted by Gasteiger charge is -2.33. The number of rotatable bonds is 4. The summed E-state index contributed by atoms with van der Waals surface area (Å²) in [6, 6.07) is 0.574. The predicted molar refractivity (Wildman–Crippen MR) is 59.4 cm³/mol. The van der Waals surface area contributed by atoms with Crippen molar-refractivity contribution in [1.82, 2.24) is 4.90 Å². The second-order valence-corrected chi connectivity index (χ2v) is 5.05. The van der Waals surface area contributed by atoms with Crippen LogP contribution in [0.2, 0.25) is 0 Å². The first-order chi connectivity index (χ1) is 6.49. The molecule has 0 amide bonds. The van der Waals surface area contributed by atoms with Crippen LogP contribution < -0.4 is 5.73 Å². The molecule has 1 rings (SSSR count). The Hall–Kier alpha value is -0.120. The molecule has 84 valence electrons. The zero-order valence-electron chi connectivity index (χ0n) is 9.75. The van der Waals surface area contributed by atoms with Crippen LogP contribution in [0.4, 0.5) is 0 Å². The Bertz CT molecular complexity index is 165. The molecule has 0 radical (unpaired) electrons. The van der Waals surface area contributed by atoms with Crippen LogP contribution in [-0.4, -0.2) is 42.8 Å². The summed E-state index contributed by atoms with van der Waals surface area (Å²) in [6.07, 6.45) is 2.28. The molecule has 0 spiro atoms. The maximum Gasteiger partial charge on any atom is 0.0619 e. The second-order valence-electron chi connectivity index (χ2n) is 5.05. The molecule has 2 N–H and O–H groups in total. The number of ether oxygens (including phenoxy) is 1. The molecule has 1 fully saturated rings. The topological polar surface area (TPSA) is 38.5 Å². The molecule has 3 nitrogen and oxygen atoms in total. The SMILES string of the molecule is CC1COCCN1CCCC(C)(C)N. The first kappa shape index (κ1) is 12.0. The average Bonchev–Trinajstić information content (AvgIpc) is 2.06. The molecule has 14 heavy (non-hydrogen) atoms. The van der Waals surface area contributed by atoms with E-state index >= 15 is 0 Å². The van der Waals surface area contributed by atoms with Gasteiger partial charge in [0.05, 0.1) is 13.2 Å². The Morgan fingerprint density at radius 2 is 2.21 bits per heavy atom. The van der Waals surface area contributed by atoms with E-state index in [0.29, 0.717) is 6.04 Å². The number of morpholine rings is 1. The van der Waals surface area contributed by atoms with Crippen LogP contribution in [0, 0.1) is 0 Å². The number of nitrogens with zero attached hydrogens (tertiary/aromatic N) is 1. The lowest BCUT2D eigenvalue weighted by Crippen LogP contribution is -2.44. The van der Waals surface area contributed by atoms with Crippen LogP contribution in [0.3, 0.4) is 0 Å². The minimum absolute atomic E-state index is 0.0183. The van der Waals surface area contributed by atoms with Crippen LogP contribution in [-0.2, 0) is 4.74 Å². The predicted octanol–water partition coefficient (Wildman–Crippen LogP) is 1.22. The maximum absolute atomic E-state index is 5.94. The minimum Gasteiger partial charge on any atom is -0.379 e. The summed E-state index contributed by atoms with van der Waals surface area (Å²) in [7, 11) is 0. The van der Waals surface area contributed by atoms with E-state index in [9.17, 15) is 0 Å². The smallest absolute Gasteiger partial charge is 0.0619 e. The molecule has 0 aromatic rings. The van der Waals surface area contributed by atoms with Crippen LogP contribution >= 0.6 is 0 Å². The van der Waals surface area contributed by atoms with Crippen molar-refractivity contribution in [2.45, 2.75) is 45.2 Å². The highest BCUT2D eigenvalue weighted by atomic mass is 16.5. The highest BCUT2D eigenvalue weighted by Crippen LogP contribution is 2.11. The largest absolute Gasteiger partial charge is 0.379 e. The van der Waals surface area contributed by atoms with E-state index in [1.54, 1.807) is 0 Å². The highest BCUT2D eigenvalue weighted by molar-refractivity contribution is 4.75. The van der Waals surface area contributed by atoms with Gasteiger partial charge in [0, 0.05) is 18.1 Å². The van der Waals surface area contributed by atoms with Crippen molar-refractivity contribution < 1.29 is 4.74 Å². The normalized spacial score (nSPS) is 25.3. The van der Waals surface area contributed by atoms with Gasteiger partial charge in [0.15, 0.2) is 0 Å². The summed E-state index contributed by atoms with van der Waals surface area (Å²) in [5.74, 6) is 0. The Balaban J connectivity index is 2.17. The van der Waals surface area contributed by atoms with Gasteiger partial charge >= 0.3 is 0 Å². The molecular weight excluding hydrogens is 176 g/mol. The van der Waals surface area contributed by atoms with Gasteiger partial charge < -0.3 is 10.5 Å². The van der Waals surface area contributed by atoms with Crippen LogP contribution in [0.15, 0.2) is 0 Å². The summed E-state index contributed by atoms with van der Waals surface area (Å²) in [5.41, 5.74) is 5.92. The molecule has 1 heterocycles. The Kier molecular flexibility index (Phi) is 4.35. The van der Waals surface area contributed by atoms with E-state index in [-0.39, 0.29) is 5.54 Å². The van der Waals surface area contributed by atoms with E-state index in [1.165, 1.54) is 6.42 Å². The molecule has 1 aliphatic rings. The van der Waals surface area contributed by atoms with Crippen molar-refractivity contribution in [3.8, 4) is 0 Å². The summed E-state index contributed by atoms with van der Waals surface area (Å²) in [5, 5.41) is 0. The van der Waals surface area contributed by atoms with Gasteiger partial charge in [-0.25, -0.2) is 0 Å². The lowest BCUT2D eigenvalue weighted by atomic mass is 10.00. The summed E-state index contributed by atoms with van der Waals surface area (Å²) >= 11 is 0. The van der Waals surface area contributed by atoms with Crippen molar-refractivity contribution in [3.05, 3.63) is 0 Å². The number of hydrogen-bond donors (Lipinski definition) is 1. The molecule has 3 heteroatoms. The Morgan fingerprint density at radius 3 is 2.79 bits per heavy atom.